The molecule has 7 heteroatoms. The molecule has 0 rings (SSSR count). The Kier molecular flexibility index (Phi) is 58.2. The smallest absolute Gasteiger partial charge is 0.308 e. The van der Waals surface area contributed by atoms with Gasteiger partial charge >= 0.3 is 11.9 Å². The first kappa shape index (κ1) is 70.6. The monoisotopic (exact) mass is 1060 g/mol. The molecule has 0 saturated carbocycles. The van der Waals surface area contributed by atoms with Gasteiger partial charge in [-0.2, -0.15) is 0 Å². The number of aliphatic hydroxyl groups is 1. The second kappa shape index (κ2) is 56.8. The number of rotatable bonds is 56. The Hall–Kier alpha value is -0.452. The van der Waals surface area contributed by atoms with E-state index in [0.717, 1.165) is 129 Å². The van der Waals surface area contributed by atoms with Crippen LogP contribution in [0.25, 0.3) is 0 Å². The van der Waals surface area contributed by atoms with E-state index < -0.39 is 6.10 Å². The Morgan fingerprint density at radius 3 is 0.899 bits per heavy atom. The maximum atomic E-state index is 13.2. The molecule has 69 heavy (non-hydrogen) atoms. The molecule has 0 saturated heterocycles. The number of unbranched alkanes of at least 4 members (excludes halogenated alkanes) is 34. The van der Waals surface area contributed by atoms with Crippen molar-refractivity contribution in [1.29, 1.82) is 0 Å². The van der Waals surface area contributed by atoms with E-state index in [-0.39, 0.29) is 50.9 Å². The largest absolute Gasteiger partial charge is 0.465 e. The molecule has 1 N–H and O–H groups in total. The molecule has 0 aromatic carbocycles. The van der Waals surface area contributed by atoms with Crippen LogP contribution in [0.2, 0.25) is 0 Å². The Balaban J connectivity index is 0. The van der Waals surface area contributed by atoms with Gasteiger partial charge in [-0.25, -0.2) is 0 Å². The summed E-state index contributed by atoms with van der Waals surface area (Å²) in [5.41, 5.74) is 0. The maximum Gasteiger partial charge on any atom is 0.308 e. The van der Waals surface area contributed by atoms with Crippen LogP contribution in [0, 0.1) is 18.8 Å². The molecule has 0 bridgehead atoms. The standard InChI is InChI=1S/C62H122NO5.Mo/c1-7-12-17-22-25-26-27-28-29-30-31-34-43-52-60(64)57(6)63(53-44-35-37-46-55-67-61(65)58(48-39-20-15-10-4)50-41-32-23-18-13-8-2)54-45-36-38-47-56-68-62(66)59(49-40-21-16-11-5)51-42-33-24-19-14-9-3;/h57-60,64H,6-56H2,1-5H3;/q-1;. The summed E-state index contributed by atoms with van der Waals surface area (Å²) in [4.78, 5) is 28.8. The molecule has 0 aliphatic heterocycles. The van der Waals surface area contributed by atoms with E-state index in [0.29, 0.717) is 13.2 Å². The van der Waals surface area contributed by atoms with Crippen LogP contribution in [0.5, 0.6) is 0 Å². The van der Waals surface area contributed by atoms with E-state index in [1.165, 1.54) is 180 Å². The van der Waals surface area contributed by atoms with Crippen LogP contribution in [0.3, 0.4) is 0 Å². The van der Waals surface area contributed by atoms with Crippen molar-refractivity contribution in [3.05, 3.63) is 6.92 Å². The molecule has 0 aliphatic carbocycles. The molecule has 4 atom stereocenters. The fraction of sp³-hybridized carbons (Fsp3) is 0.952. The summed E-state index contributed by atoms with van der Waals surface area (Å²) in [5, 5.41) is 11.4. The second-order valence-corrected chi connectivity index (χ2v) is 21.6. The third-order valence-electron chi connectivity index (χ3n) is 15.0. The van der Waals surface area contributed by atoms with E-state index in [9.17, 15) is 14.7 Å². The average molecular weight is 1060 g/mol. The van der Waals surface area contributed by atoms with Crippen LogP contribution in [0.1, 0.15) is 330 Å². The van der Waals surface area contributed by atoms with Crippen LogP contribution in [0.15, 0.2) is 0 Å². The molecule has 0 heterocycles. The van der Waals surface area contributed by atoms with Crippen LogP contribution >= 0.6 is 0 Å². The van der Waals surface area contributed by atoms with Gasteiger partial charge in [-0.1, -0.05) is 278 Å². The molecule has 6 nitrogen and oxygen atoms in total. The fourth-order valence-electron chi connectivity index (χ4n) is 10.1. The van der Waals surface area contributed by atoms with Gasteiger partial charge in [0.15, 0.2) is 0 Å². The van der Waals surface area contributed by atoms with Gasteiger partial charge in [0.25, 0.3) is 0 Å². The van der Waals surface area contributed by atoms with Crippen molar-refractivity contribution in [3.8, 4) is 0 Å². The summed E-state index contributed by atoms with van der Waals surface area (Å²) >= 11 is 0. The molecular weight excluding hydrogens is 935 g/mol. The summed E-state index contributed by atoms with van der Waals surface area (Å²) in [6, 6.07) is -0.101. The summed E-state index contributed by atoms with van der Waals surface area (Å²) in [7, 11) is 0. The molecule has 0 aliphatic rings. The Morgan fingerprint density at radius 1 is 0.362 bits per heavy atom. The van der Waals surface area contributed by atoms with Crippen LogP contribution in [-0.4, -0.2) is 60.4 Å². The first-order chi connectivity index (χ1) is 33.4. The zero-order valence-corrected chi connectivity index (χ0v) is 49.3. The van der Waals surface area contributed by atoms with Crippen LogP contribution < -0.4 is 0 Å². The van der Waals surface area contributed by atoms with Crippen LogP contribution in [0.4, 0.5) is 0 Å². The summed E-state index contributed by atoms with van der Waals surface area (Å²) in [6.07, 6.45) is 54.7. The summed E-state index contributed by atoms with van der Waals surface area (Å²) in [5.74, 6) is 0.224. The zero-order valence-electron chi connectivity index (χ0n) is 47.3. The molecule has 0 aromatic heterocycles. The minimum Gasteiger partial charge on any atom is -0.465 e. The molecule has 0 spiro atoms. The molecule has 0 fully saturated rings. The first-order valence-corrected chi connectivity index (χ1v) is 30.9. The van der Waals surface area contributed by atoms with Gasteiger partial charge < -0.3 is 26.4 Å². The zero-order chi connectivity index (χ0) is 49.8. The third kappa shape index (κ3) is 47.0. The van der Waals surface area contributed by atoms with Gasteiger partial charge in [-0.05, 0) is 70.9 Å². The molecule has 4 unspecified atom stereocenters. The normalized spacial score (nSPS) is 13.3. The Morgan fingerprint density at radius 2 is 0.594 bits per heavy atom. The van der Waals surface area contributed by atoms with Crippen LogP contribution in [-0.2, 0) is 40.1 Å². The predicted octanol–water partition coefficient (Wildman–Crippen LogP) is 19.2. The average Bonchev–Trinajstić information content (AvgIpc) is 3.34. The van der Waals surface area contributed by atoms with Gasteiger partial charge in [0, 0.05) is 27.2 Å². The Bertz CT molecular complexity index is 971. The van der Waals surface area contributed by atoms with E-state index >= 15 is 0 Å². The number of hydrogen-bond acceptors (Lipinski definition) is 6. The molecule has 0 aromatic rings. The number of ether oxygens (including phenoxy) is 2. The van der Waals surface area contributed by atoms with Gasteiger partial charge in [0.05, 0.1) is 25.0 Å². The third-order valence-corrected chi connectivity index (χ3v) is 15.0. The maximum absolute atomic E-state index is 13.2. The quantitative estimate of drug-likeness (QED) is 0.0283. The molecule has 412 valence electrons. The Labute approximate surface area is 446 Å². The molecule has 0 amide bonds. The van der Waals surface area contributed by atoms with Gasteiger partial charge in [0.1, 0.15) is 0 Å². The predicted molar refractivity (Wildman–Crippen MR) is 296 cm³/mol. The van der Waals surface area contributed by atoms with E-state index in [1.807, 2.05) is 0 Å². The van der Waals surface area contributed by atoms with Crippen molar-refractivity contribution >= 4 is 11.9 Å². The van der Waals surface area contributed by atoms with Crippen molar-refractivity contribution < 1.29 is 45.2 Å². The second-order valence-electron chi connectivity index (χ2n) is 21.6. The van der Waals surface area contributed by atoms with Crippen molar-refractivity contribution in [2.24, 2.45) is 11.8 Å². The van der Waals surface area contributed by atoms with Crippen molar-refractivity contribution in [1.82, 2.24) is 4.90 Å². The SMILES string of the molecule is [CH2-]C(C(O)CCCCCCCCCCCCCCC)N(CCCCCCOC(=O)C(CCCCCC)CCCCCCCC)CCCCCCOC(=O)C(CCCCCC)CCCCCCCC.[Mo]. The number of nitrogens with zero attached hydrogens (tertiary/aromatic N) is 1. The van der Waals surface area contributed by atoms with E-state index in [2.05, 4.69) is 46.4 Å². The number of aliphatic hydroxyl groups excluding tert-OH is 1. The number of carbonyl (C=O) groups is 2. The minimum atomic E-state index is -0.404. The van der Waals surface area contributed by atoms with Crippen molar-refractivity contribution in [3.63, 3.8) is 0 Å². The topological polar surface area (TPSA) is 76.1 Å². The first-order valence-electron chi connectivity index (χ1n) is 30.9. The van der Waals surface area contributed by atoms with Gasteiger partial charge in [-0.15, -0.1) is 0 Å². The minimum absolute atomic E-state index is 0. The van der Waals surface area contributed by atoms with Gasteiger partial charge in [0.2, 0.25) is 0 Å². The summed E-state index contributed by atoms with van der Waals surface area (Å²) in [6.45, 7) is 18.8. The van der Waals surface area contributed by atoms with Crippen molar-refractivity contribution in [2.45, 2.75) is 342 Å². The van der Waals surface area contributed by atoms with E-state index in [4.69, 9.17) is 9.47 Å². The van der Waals surface area contributed by atoms with Gasteiger partial charge in [-0.3, -0.25) is 9.59 Å². The fourth-order valence-corrected chi connectivity index (χ4v) is 10.1. The number of esters is 2. The van der Waals surface area contributed by atoms with Crippen molar-refractivity contribution in [2.75, 3.05) is 26.3 Å². The molecular formula is C62H122MoNO5-. The van der Waals surface area contributed by atoms with E-state index in [1.54, 1.807) is 0 Å². The number of hydrogen-bond donors (Lipinski definition) is 1. The summed E-state index contributed by atoms with van der Waals surface area (Å²) < 4.78 is 11.8. The number of carbonyl (C=O) groups excluding carboxylic acids is 2. The molecule has 0 radical (unpaired) electrons.